The second-order valence-electron chi connectivity index (χ2n) is 4.25. The molecule has 1 saturated heterocycles. The number of hydrogen-bond acceptors (Lipinski definition) is 3. The lowest BCUT2D eigenvalue weighted by Gasteiger charge is -2.34. The molecule has 1 aliphatic rings. The van der Waals surface area contributed by atoms with Crippen LogP contribution in [0.15, 0.2) is 16.6 Å². The molecule has 100 valence electrons. The minimum absolute atomic E-state index is 0.0312. The molecular formula is C12H15BrClFN2O. The molecule has 1 aromatic carbocycles. The molecule has 0 radical (unpaired) electrons. The number of alkyl halides is 1. The van der Waals surface area contributed by atoms with Gasteiger partial charge in [-0.15, -0.1) is 0 Å². The fourth-order valence-electron chi connectivity index (χ4n) is 2.22. The molecule has 0 saturated carbocycles. The molecular weight excluding hydrogens is 323 g/mol. The smallest absolute Gasteiger partial charge is 0.136 e. The maximum Gasteiger partial charge on any atom is 0.136 e. The average Bonchev–Trinajstić information content (AvgIpc) is 2.40. The predicted octanol–water partition coefficient (Wildman–Crippen LogP) is 2.72. The minimum atomic E-state index is -0.566. The first-order valence-electron chi connectivity index (χ1n) is 5.82. The highest BCUT2D eigenvalue weighted by molar-refractivity contribution is 9.10. The second-order valence-corrected chi connectivity index (χ2v) is 5.51. The number of benzene rings is 1. The summed E-state index contributed by atoms with van der Waals surface area (Å²) in [5.74, 6) is 0.0312. The van der Waals surface area contributed by atoms with Gasteiger partial charge in [0, 0.05) is 36.8 Å². The van der Waals surface area contributed by atoms with Crippen LogP contribution >= 0.6 is 27.5 Å². The summed E-state index contributed by atoms with van der Waals surface area (Å²) in [4.78, 5) is 2.00. The molecule has 6 heteroatoms. The van der Waals surface area contributed by atoms with Crippen molar-refractivity contribution in [3.8, 4) is 5.75 Å². The first-order chi connectivity index (χ1) is 8.65. The summed E-state index contributed by atoms with van der Waals surface area (Å²) >= 11 is 9.34. The Hall–Kier alpha value is -0.360. The number of piperazine rings is 1. The number of aromatic hydroxyl groups is 1. The zero-order chi connectivity index (χ0) is 13.1. The van der Waals surface area contributed by atoms with Gasteiger partial charge >= 0.3 is 0 Å². The molecule has 0 aromatic heterocycles. The van der Waals surface area contributed by atoms with Crippen molar-refractivity contribution >= 4 is 27.5 Å². The number of hydrogen-bond donors (Lipinski definition) is 2. The van der Waals surface area contributed by atoms with Crippen molar-refractivity contribution in [2.75, 3.05) is 32.9 Å². The van der Waals surface area contributed by atoms with Crippen LogP contribution < -0.4 is 5.32 Å². The average molecular weight is 338 g/mol. The predicted molar refractivity (Wildman–Crippen MR) is 74.0 cm³/mol. The van der Waals surface area contributed by atoms with Crippen LogP contribution in [0.4, 0.5) is 4.39 Å². The summed E-state index contributed by atoms with van der Waals surface area (Å²) < 4.78 is 13.9. The quantitative estimate of drug-likeness (QED) is 0.890. The van der Waals surface area contributed by atoms with Crippen molar-refractivity contribution in [1.29, 1.82) is 0 Å². The van der Waals surface area contributed by atoms with E-state index in [9.17, 15) is 9.50 Å². The number of nitrogens with zero attached hydrogens (tertiary/aromatic N) is 1. The largest absolute Gasteiger partial charge is 0.506 e. The minimum Gasteiger partial charge on any atom is -0.506 e. The summed E-state index contributed by atoms with van der Waals surface area (Å²) in [6.45, 7) is 2.57. The SMILES string of the molecule is Oc1c(Br)ccc(Cl)c1[C@@H](CF)N1CCNCC1. The Morgan fingerprint density at radius 1 is 1.44 bits per heavy atom. The zero-order valence-corrected chi connectivity index (χ0v) is 12.1. The molecule has 0 unspecified atom stereocenters. The van der Waals surface area contributed by atoms with E-state index < -0.39 is 12.7 Å². The molecule has 1 aromatic rings. The van der Waals surface area contributed by atoms with Crippen molar-refractivity contribution in [2.45, 2.75) is 6.04 Å². The Morgan fingerprint density at radius 3 is 2.72 bits per heavy atom. The van der Waals surface area contributed by atoms with E-state index >= 15 is 0 Å². The Morgan fingerprint density at radius 2 is 2.11 bits per heavy atom. The van der Waals surface area contributed by atoms with Crippen LogP contribution in [0.3, 0.4) is 0 Å². The van der Waals surface area contributed by atoms with Crippen LogP contribution in [-0.4, -0.2) is 42.9 Å². The van der Waals surface area contributed by atoms with Gasteiger partial charge in [0.05, 0.1) is 10.5 Å². The molecule has 0 bridgehead atoms. The Kier molecular flexibility index (Phi) is 4.84. The fourth-order valence-corrected chi connectivity index (χ4v) is 2.85. The lowest BCUT2D eigenvalue weighted by molar-refractivity contribution is 0.145. The third-order valence-corrected chi connectivity index (χ3v) is 4.16. The van der Waals surface area contributed by atoms with Gasteiger partial charge in [0.25, 0.3) is 0 Å². The summed E-state index contributed by atoms with van der Waals surface area (Å²) in [5.41, 5.74) is 0.468. The summed E-state index contributed by atoms with van der Waals surface area (Å²) in [6, 6.07) is 2.84. The maximum absolute atomic E-state index is 13.4. The summed E-state index contributed by atoms with van der Waals surface area (Å²) in [7, 11) is 0. The van der Waals surface area contributed by atoms with Crippen LogP contribution in [0, 0.1) is 0 Å². The standard InChI is InChI=1S/C12H15BrClFN2O/c13-8-1-2-9(14)11(12(8)18)10(7-15)17-5-3-16-4-6-17/h1-2,10,16,18H,3-7H2/t10-/m1/s1. The van der Waals surface area contributed by atoms with Crippen molar-refractivity contribution < 1.29 is 9.50 Å². The Bertz CT molecular complexity index is 427. The van der Waals surface area contributed by atoms with Gasteiger partial charge in [0.15, 0.2) is 0 Å². The number of halogens is 3. The van der Waals surface area contributed by atoms with E-state index in [1.807, 2.05) is 4.90 Å². The van der Waals surface area contributed by atoms with E-state index in [0.29, 0.717) is 15.1 Å². The molecule has 1 atom stereocenters. The fraction of sp³-hybridized carbons (Fsp3) is 0.500. The molecule has 3 nitrogen and oxygen atoms in total. The number of nitrogens with one attached hydrogen (secondary N) is 1. The van der Waals surface area contributed by atoms with Crippen molar-refractivity contribution in [1.82, 2.24) is 10.2 Å². The maximum atomic E-state index is 13.4. The van der Waals surface area contributed by atoms with E-state index in [2.05, 4.69) is 21.2 Å². The van der Waals surface area contributed by atoms with E-state index in [1.54, 1.807) is 12.1 Å². The van der Waals surface area contributed by atoms with Gasteiger partial charge in [0.1, 0.15) is 12.4 Å². The van der Waals surface area contributed by atoms with E-state index in [0.717, 1.165) is 26.2 Å². The lowest BCUT2D eigenvalue weighted by atomic mass is 10.0. The molecule has 0 spiro atoms. The molecule has 2 rings (SSSR count). The molecule has 1 heterocycles. The molecule has 0 aliphatic carbocycles. The Labute approximate surface area is 119 Å². The molecule has 2 N–H and O–H groups in total. The summed E-state index contributed by atoms with van der Waals surface area (Å²) in [6.07, 6.45) is 0. The van der Waals surface area contributed by atoms with Crippen LogP contribution in [0.1, 0.15) is 11.6 Å². The van der Waals surface area contributed by atoms with Gasteiger partial charge in [-0.25, -0.2) is 4.39 Å². The van der Waals surface area contributed by atoms with Gasteiger partial charge < -0.3 is 10.4 Å². The van der Waals surface area contributed by atoms with E-state index in [1.165, 1.54) is 0 Å². The molecule has 0 amide bonds. The van der Waals surface area contributed by atoms with Gasteiger partial charge in [-0.2, -0.15) is 0 Å². The van der Waals surface area contributed by atoms with Crippen LogP contribution in [0.2, 0.25) is 5.02 Å². The monoisotopic (exact) mass is 336 g/mol. The normalized spacial score (nSPS) is 18.8. The highest BCUT2D eigenvalue weighted by atomic mass is 79.9. The van der Waals surface area contributed by atoms with Gasteiger partial charge in [-0.1, -0.05) is 11.6 Å². The first kappa shape index (κ1) is 14.1. The second kappa shape index (κ2) is 6.19. The highest BCUT2D eigenvalue weighted by Gasteiger charge is 2.27. The van der Waals surface area contributed by atoms with Crippen LogP contribution in [0.25, 0.3) is 0 Å². The Balaban J connectivity index is 2.34. The van der Waals surface area contributed by atoms with E-state index in [4.69, 9.17) is 11.6 Å². The van der Waals surface area contributed by atoms with Crippen LogP contribution in [-0.2, 0) is 0 Å². The van der Waals surface area contributed by atoms with Crippen molar-refractivity contribution in [3.05, 3.63) is 27.2 Å². The van der Waals surface area contributed by atoms with Crippen LogP contribution in [0.5, 0.6) is 5.75 Å². The number of phenolic OH excluding ortho intramolecular Hbond substituents is 1. The van der Waals surface area contributed by atoms with Crippen molar-refractivity contribution in [3.63, 3.8) is 0 Å². The lowest BCUT2D eigenvalue weighted by Crippen LogP contribution is -2.45. The molecule has 1 fully saturated rings. The highest BCUT2D eigenvalue weighted by Crippen LogP contribution is 2.39. The molecule has 1 aliphatic heterocycles. The van der Waals surface area contributed by atoms with E-state index in [-0.39, 0.29) is 5.75 Å². The van der Waals surface area contributed by atoms with Crippen molar-refractivity contribution in [2.24, 2.45) is 0 Å². The zero-order valence-electron chi connectivity index (χ0n) is 9.80. The number of phenols is 1. The molecule has 18 heavy (non-hydrogen) atoms. The van der Waals surface area contributed by atoms with Gasteiger partial charge in [0.2, 0.25) is 0 Å². The third kappa shape index (κ3) is 2.79. The van der Waals surface area contributed by atoms with Gasteiger partial charge in [-0.3, -0.25) is 4.90 Å². The number of rotatable bonds is 3. The van der Waals surface area contributed by atoms with Gasteiger partial charge in [-0.05, 0) is 28.1 Å². The topological polar surface area (TPSA) is 35.5 Å². The summed E-state index contributed by atoms with van der Waals surface area (Å²) in [5, 5.41) is 13.7. The third-order valence-electron chi connectivity index (χ3n) is 3.19. The first-order valence-corrected chi connectivity index (χ1v) is 7.00.